The summed E-state index contributed by atoms with van der Waals surface area (Å²) >= 11 is 0. The first-order valence-corrected chi connectivity index (χ1v) is 7.74. The maximum Gasteiger partial charge on any atom is 0.260 e. The van der Waals surface area contributed by atoms with Crippen molar-refractivity contribution in [2.45, 2.75) is 19.3 Å². The molecule has 5 nitrogen and oxygen atoms in total. The summed E-state index contributed by atoms with van der Waals surface area (Å²) in [5.74, 6) is 0.441. The van der Waals surface area contributed by atoms with Gasteiger partial charge in [-0.25, -0.2) is 9.37 Å². The summed E-state index contributed by atoms with van der Waals surface area (Å²) in [7, 11) is 0. The van der Waals surface area contributed by atoms with Crippen LogP contribution in [0, 0.1) is 5.82 Å². The molecule has 1 fully saturated rings. The summed E-state index contributed by atoms with van der Waals surface area (Å²) in [4.78, 5) is 21.0. The minimum absolute atomic E-state index is 0.0145. The molecule has 118 valence electrons. The van der Waals surface area contributed by atoms with E-state index in [1.165, 1.54) is 12.1 Å². The molecule has 3 heterocycles. The smallest absolute Gasteiger partial charge is 0.260 e. The van der Waals surface area contributed by atoms with Gasteiger partial charge in [-0.1, -0.05) is 12.1 Å². The maximum atomic E-state index is 13.1. The van der Waals surface area contributed by atoms with Crippen LogP contribution in [0.4, 0.5) is 10.2 Å². The molecule has 2 aromatic rings. The highest BCUT2D eigenvalue weighted by Crippen LogP contribution is 2.30. The van der Waals surface area contributed by atoms with Crippen molar-refractivity contribution < 1.29 is 9.18 Å². The van der Waals surface area contributed by atoms with Gasteiger partial charge in [0.2, 0.25) is 0 Å². The van der Waals surface area contributed by atoms with Crippen molar-refractivity contribution in [2.24, 2.45) is 0 Å². The number of fused-ring (bicyclic) bond motifs is 2. The Balaban J connectivity index is 1.74. The van der Waals surface area contributed by atoms with Gasteiger partial charge in [0.1, 0.15) is 11.6 Å². The molecule has 4 rings (SSSR count). The normalized spacial score (nSPS) is 20.2. The number of hydrogen-bond donors (Lipinski definition) is 1. The van der Waals surface area contributed by atoms with E-state index < -0.39 is 0 Å². The van der Waals surface area contributed by atoms with Crippen LogP contribution in [-0.4, -0.2) is 35.2 Å². The number of nitrogens with zero attached hydrogens (tertiary/aromatic N) is 3. The van der Waals surface area contributed by atoms with Crippen molar-refractivity contribution in [3.05, 3.63) is 59.5 Å². The van der Waals surface area contributed by atoms with E-state index in [1.54, 1.807) is 24.4 Å². The first kappa shape index (κ1) is 14.1. The average molecular weight is 312 g/mol. The second-order valence-corrected chi connectivity index (χ2v) is 5.81. The number of halogens is 1. The van der Waals surface area contributed by atoms with Crippen molar-refractivity contribution in [1.82, 2.24) is 15.2 Å². The molecule has 2 aliphatic heterocycles. The molecular weight excluding hydrogens is 295 g/mol. The molecule has 1 aromatic heterocycles. The average Bonchev–Trinajstić information content (AvgIpc) is 2.60. The minimum Gasteiger partial charge on any atom is -0.318 e. The number of hydrogen-bond acceptors (Lipinski definition) is 4. The van der Waals surface area contributed by atoms with Crippen molar-refractivity contribution in [2.75, 3.05) is 18.0 Å². The Morgan fingerprint density at radius 2 is 2.09 bits per heavy atom. The van der Waals surface area contributed by atoms with Crippen molar-refractivity contribution in [3.8, 4) is 0 Å². The molecule has 1 amide bonds. The summed E-state index contributed by atoms with van der Waals surface area (Å²) in [5, 5.41) is 3.39. The van der Waals surface area contributed by atoms with Crippen LogP contribution in [0.25, 0.3) is 0 Å². The fourth-order valence-electron chi connectivity index (χ4n) is 3.22. The van der Waals surface area contributed by atoms with Crippen molar-refractivity contribution >= 4 is 11.7 Å². The second kappa shape index (κ2) is 5.62. The molecule has 1 aromatic carbocycles. The molecule has 23 heavy (non-hydrogen) atoms. The van der Waals surface area contributed by atoms with E-state index in [0.29, 0.717) is 17.9 Å². The lowest BCUT2D eigenvalue weighted by molar-refractivity contribution is 0.0539. The molecule has 0 bridgehead atoms. The van der Waals surface area contributed by atoms with E-state index in [-0.39, 0.29) is 18.0 Å². The third-order valence-electron chi connectivity index (χ3n) is 4.31. The summed E-state index contributed by atoms with van der Waals surface area (Å²) < 4.78 is 13.1. The monoisotopic (exact) mass is 312 g/mol. The van der Waals surface area contributed by atoms with Gasteiger partial charge in [-0.2, -0.15) is 0 Å². The molecule has 1 unspecified atom stereocenters. The Kier molecular flexibility index (Phi) is 3.46. The first-order chi connectivity index (χ1) is 11.2. The summed E-state index contributed by atoms with van der Waals surface area (Å²) in [6, 6.07) is 10.0. The summed E-state index contributed by atoms with van der Waals surface area (Å²) in [5.41, 5.74) is 1.60. The van der Waals surface area contributed by atoms with Crippen LogP contribution in [0.2, 0.25) is 0 Å². The Morgan fingerprint density at radius 3 is 2.91 bits per heavy atom. The van der Waals surface area contributed by atoms with Gasteiger partial charge in [-0.05, 0) is 36.2 Å². The first-order valence-electron chi connectivity index (χ1n) is 7.74. The van der Waals surface area contributed by atoms with Crippen LogP contribution in [-0.2, 0) is 6.54 Å². The predicted molar refractivity (Wildman–Crippen MR) is 84.3 cm³/mol. The number of amides is 1. The minimum atomic E-state index is -0.251. The van der Waals surface area contributed by atoms with Crippen molar-refractivity contribution in [3.63, 3.8) is 0 Å². The highest BCUT2D eigenvalue weighted by molar-refractivity contribution is 6.01. The van der Waals surface area contributed by atoms with Gasteiger partial charge in [-0.3, -0.25) is 10.1 Å². The van der Waals surface area contributed by atoms with Gasteiger partial charge in [0.05, 0.1) is 5.56 Å². The fraction of sp³-hybridized carbons (Fsp3) is 0.294. The van der Waals surface area contributed by atoms with Crippen molar-refractivity contribution in [1.29, 1.82) is 0 Å². The summed E-state index contributed by atoms with van der Waals surface area (Å²) in [6.45, 7) is 2.15. The zero-order chi connectivity index (χ0) is 15.8. The number of pyridine rings is 1. The Morgan fingerprint density at radius 1 is 1.26 bits per heavy atom. The van der Waals surface area contributed by atoms with Crippen LogP contribution in [0.5, 0.6) is 0 Å². The van der Waals surface area contributed by atoms with E-state index in [0.717, 1.165) is 25.1 Å². The molecule has 2 aliphatic rings. The Bertz CT molecular complexity index is 734. The molecule has 0 spiro atoms. The van der Waals surface area contributed by atoms with Crippen LogP contribution in [0.15, 0.2) is 42.6 Å². The third-order valence-corrected chi connectivity index (χ3v) is 4.31. The largest absolute Gasteiger partial charge is 0.318 e. The lowest BCUT2D eigenvalue weighted by Gasteiger charge is -2.47. The number of aromatic nitrogens is 1. The van der Waals surface area contributed by atoms with E-state index in [9.17, 15) is 9.18 Å². The van der Waals surface area contributed by atoms with E-state index in [2.05, 4.69) is 15.2 Å². The second-order valence-electron chi connectivity index (χ2n) is 5.81. The highest BCUT2D eigenvalue weighted by atomic mass is 19.1. The van der Waals surface area contributed by atoms with Gasteiger partial charge < -0.3 is 9.80 Å². The molecule has 1 atom stereocenters. The highest BCUT2D eigenvalue weighted by Gasteiger charge is 2.39. The molecule has 0 aliphatic carbocycles. The van der Waals surface area contributed by atoms with E-state index in [4.69, 9.17) is 0 Å². The SMILES string of the molecule is O=C1c2cccnc2N(Cc2ccc(F)cc2)C2NCCCN12. The Hall–Kier alpha value is -2.47. The van der Waals surface area contributed by atoms with Crippen LogP contribution in [0.1, 0.15) is 22.3 Å². The molecular formula is C17H17FN4O. The zero-order valence-corrected chi connectivity index (χ0v) is 12.6. The van der Waals surface area contributed by atoms with Crippen LogP contribution >= 0.6 is 0 Å². The van der Waals surface area contributed by atoms with Gasteiger partial charge in [0, 0.05) is 25.8 Å². The molecule has 1 N–H and O–H groups in total. The topological polar surface area (TPSA) is 48.5 Å². The van der Waals surface area contributed by atoms with Gasteiger partial charge in [0.25, 0.3) is 5.91 Å². The van der Waals surface area contributed by atoms with Crippen LogP contribution < -0.4 is 10.2 Å². The third kappa shape index (κ3) is 2.45. The quantitative estimate of drug-likeness (QED) is 0.921. The Labute approximate surface area is 133 Å². The number of carbonyl (C=O) groups excluding carboxylic acids is 1. The lowest BCUT2D eigenvalue weighted by Crippen LogP contribution is -2.64. The molecule has 6 heteroatoms. The van der Waals surface area contributed by atoms with E-state index in [1.807, 2.05) is 11.0 Å². The number of anilines is 1. The predicted octanol–water partition coefficient (Wildman–Crippen LogP) is 1.96. The van der Waals surface area contributed by atoms with E-state index >= 15 is 0 Å². The molecule has 0 radical (unpaired) electrons. The number of benzene rings is 1. The molecule has 0 saturated carbocycles. The number of rotatable bonds is 2. The summed E-state index contributed by atoms with van der Waals surface area (Å²) in [6.07, 6.45) is 2.42. The maximum absolute atomic E-state index is 13.1. The van der Waals surface area contributed by atoms with Gasteiger partial charge in [-0.15, -0.1) is 0 Å². The standard InChI is InChI=1S/C17H17FN4O/c18-13-6-4-12(5-7-13)11-22-15-14(3-1-8-19-15)16(23)21-10-2-9-20-17(21)22/h1,3-8,17,20H,2,9-11H2. The molecule has 1 saturated heterocycles. The lowest BCUT2D eigenvalue weighted by atomic mass is 10.1. The number of nitrogens with one attached hydrogen (secondary N) is 1. The van der Waals surface area contributed by atoms with Gasteiger partial charge >= 0.3 is 0 Å². The van der Waals surface area contributed by atoms with Gasteiger partial charge in [0.15, 0.2) is 6.29 Å². The number of carbonyl (C=O) groups is 1. The fourth-order valence-corrected chi connectivity index (χ4v) is 3.22. The zero-order valence-electron chi connectivity index (χ0n) is 12.6. The van der Waals surface area contributed by atoms with Crippen LogP contribution in [0.3, 0.4) is 0 Å².